The lowest BCUT2D eigenvalue weighted by Gasteiger charge is -2.35. The SMILES string of the molecule is OC[C@H]1CC[C@H](/N=C(\S)N2CCCC2)[C@@H](O)[C@@H]1O. The zero-order valence-corrected chi connectivity index (χ0v) is 11.3. The first-order valence-corrected chi connectivity index (χ1v) is 7.07. The lowest BCUT2D eigenvalue weighted by molar-refractivity contribution is -0.0675. The van der Waals surface area contributed by atoms with Crippen molar-refractivity contribution in [2.45, 2.75) is 43.9 Å². The van der Waals surface area contributed by atoms with Crippen LogP contribution in [-0.2, 0) is 0 Å². The van der Waals surface area contributed by atoms with Crippen molar-refractivity contribution in [2.75, 3.05) is 19.7 Å². The molecule has 1 aliphatic heterocycles. The fourth-order valence-corrected chi connectivity index (χ4v) is 3.07. The van der Waals surface area contributed by atoms with E-state index < -0.39 is 12.2 Å². The lowest BCUT2D eigenvalue weighted by atomic mass is 9.82. The summed E-state index contributed by atoms with van der Waals surface area (Å²) < 4.78 is 0. The molecular weight excluding hydrogens is 252 g/mol. The van der Waals surface area contributed by atoms with Crippen molar-refractivity contribution in [2.24, 2.45) is 10.9 Å². The summed E-state index contributed by atoms with van der Waals surface area (Å²) in [6.45, 7) is 1.84. The standard InChI is InChI=1S/C12H22N2O3S/c15-7-8-3-4-9(11(17)10(8)16)13-12(18)14-5-1-2-6-14/h8-11,15-17H,1-7H2,(H,13,18)/t8-,9+,10-,11-/m1/s1. The van der Waals surface area contributed by atoms with E-state index in [0.29, 0.717) is 18.0 Å². The van der Waals surface area contributed by atoms with E-state index in [2.05, 4.69) is 22.5 Å². The maximum atomic E-state index is 10.0. The van der Waals surface area contributed by atoms with Crippen molar-refractivity contribution >= 4 is 17.8 Å². The zero-order valence-electron chi connectivity index (χ0n) is 10.4. The molecule has 6 heteroatoms. The molecule has 2 fully saturated rings. The van der Waals surface area contributed by atoms with Crippen molar-refractivity contribution in [1.29, 1.82) is 0 Å². The topological polar surface area (TPSA) is 76.3 Å². The summed E-state index contributed by atoms with van der Waals surface area (Å²) >= 11 is 4.38. The quantitative estimate of drug-likeness (QED) is 0.321. The van der Waals surface area contributed by atoms with Gasteiger partial charge in [-0.05, 0) is 25.7 Å². The molecule has 0 bridgehead atoms. The summed E-state index contributed by atoms with van der Waals surface area (Å²) in [5.41, 5.74) is 0. The molecule has 18 heavy (non-hydrogen) atoms. The Kier molecular flexibility index (Phi) is 4.89. The highest BCUT2D eigenvalue weighted by molar-refractivity contribution is 7.96. The first kappa shape index (κ1) is 14.1. The summed E-state index contributed by atoms with van der Waals surface area (Å²) in [5, 5.41) is 29.6. The van der Waals surface area contributed by atoms with Crippen LogP contribution in [-0.4, -0.2) is 63.3 Å². The molecule has 0 amide bonds. The van der Waals surface area contributed by atoms with Crippen molar-refractivity contribution in [3.05, 3.63) is 0 Å². The zero-order chi connectivity index (χ0) is 13.1. The van der Waals surface area contributed by atoms with Crippen LogP contribution in [0.15, 0.2) is 4.99 Å². The molecule has 1 aliphatic carbocycles. The molecule has 2 rings (SSSR count). The number of hydrogen-bond donors (Lipinski definition) is 4. The van der Waals surface area contributed by atoms with Crippen LogP contribution in [0.4, 0.5) is 0 Å². The molecule has 0 unspecified atom stereocenters. The van der Waals surface area contributed by atoms with Gasteiger partial charge in [-0.15, -0.1) is 12.6 Å². The van der Waals surface area contributed by atoms with Gasteiger partial charge in [0.2, 0.25) is 0 Å². The summed E-state index contributed by atoms with van der Waals surface area (Å²) in [5.74, 6) is -0.235. The molecule has 0 aromatic carbocycles. The van der Waals surface area contributed by atoms with Crippen LogP contribution < -0.4 is 0 Å². The second-order valence-electron chi connectivity index (χ2n) is 5.19. The van der Waals surface area contributed by atoms with Crippen molar-refractivity contribution in [3.8, 4) is 0 Å². The van der Waals surface area contributed by atoms with Crippen LogP contribution in [0.1, 0.15) is 25.7 Å². The monoisotopic (exact) mass is 274 g/mol. The highest BCUT2D eigenvalue weighted by atomic mass is 32.1. The average molecular weight is 274 g/mol. The second-order valence-corrected chi connectivity index (χ2v) is 5.59. The minimum Gasteiger partial charge on any atom is -0.396 e. The minimum atomic E-state index is -0.902. The third-order valence-electron chi connectivity index (χ3n) is 3.97. The summed E-state index contributed by atoms with van der Waals surface area (Å²) in [6.07, 6.45) is 1.88. The highest BCUT2D eigenvalue weighted by Crippen LogP contribution is 2.27. The van der Waals surface area contributed by atoms with Gasteiger partial charge in [-0.3, -0.25) is 4.99 Å². The van der Waals surface area contributed by atoms with Crippen LogP contribution in [0.3, 0.4) is 0 Å². The number of likely N-dealkylation sites (tertiary alicyclic amines) is 1. The Morgan fingerprint density at radius 1 is 1.17 bits per heavy atom. The van der Waals surface area contributed by atoms with Crippen LogP contribution in [0.2, 0.25) is 0 Å². The van der Waals surface area contributed by atoms with Crippen LogP contribution in [0, 0.1) is 5.92 Å². The molecular formula is C12H22N2O3S. The van der Waals surface area contributed by atoms with E-state index in [1.54, 1.807) is 0 Å². The molecule has 3 N–H and O–H groups in total. The van der Waals surface area contributed by atoms with E-state index in [-0.39, 0.29) is 18.6 Å². The van der Waals surface area contributed by atoms with Gasteiger partial charge in [-0.1, -0.05) is 0 Å². The Labute approximate surface area is 113 Å². The fourth-order valence-electron chi connectivity index (χ4n) is 2.72. The normalized spacial score (nSPS) is 38.2. The number of nitrogens with zero attached hydrogens (tertiary/aromatic N) is 2. The van der Waals surface area contributed by atoms with E-state index in [0.717, 1.165) is 25.9 Å². The number of hydrogen-bond acceptors (Lipinski definition) is 4. The largest absolute Gasteiger partial charge is 0.396 e. The van der Waals surface area contributed by atoms with Crippen molar-refractivity contribution in [3.63, 3.8) is 0 Å². The highest BCUT2D eigenvalue weighted by Gasteiger charge is 2.37. The molecule has 4 atom stereocenters. The first-order valence-electron chi connectivity index (χ1n) is 6.62. The molecule has 0 aromatic heterocycles. The maximum Gasteiger partial charge on any atom is 0.156 e. The lowest BCUT2D eigenvalue weighted by Crippen LogP contribution is -2.47. The third kappa shape index (κ3) is 2.99. The van der Waals surface area contributed by atoms with Gasteiger partial charge in [0.1, 0.15) is 6.10 Å². The second kappa shape index (κ2) is 6.23. The van der Waals surface area contributed by atoms with E-state index in [4.69, 9.17) is 5.11 Å². The molecule has 1 heterocycles. The Hall–Kier alpha value is -0.300. The van der Waals surface area contributed by atoms with Gasteiger partial charge in [0, 0.05) is 25.6 Å². The van der Waals surface area contributed by atoms with Gasteiger partial charge in [0.25, 0.3) is 0 Å². The summed E-state index contributed by atoms with van der Waals surface area (Å²) in [7, 11) is 0. The summed E-state index contributed by atoms with van der Waals surface area (Å²) in [6, 6.07) is -0.309. The summed E-state index contributed by atoms with van der Waals surface area (Å²) in [4.78, 5) is 6.53. The van der Waals surface area contributed by atoms with E-state index in [1.807, 2.05) is 0 Å². The number of amidine groups is 1. The molecule has 104 valence electrons. The number of aliphatic hydroxyl groups excluding tert-OH is 3. The Bertz CT molecular complexity index is 308. The van der Waals surface area contributed by atoms with Crippen molar-refractivity contribution in [1.82, 2.24) is 4.90 Å². The van der Waals surface area contributed by atoms with Crippen molar-refractivity contribution < 1.29 is 15.3 Å². The van der Waals surface area contributed by atoms with Gasteiger partial charge >= 0.3 is 0 Å². The molecule has 1 saturated heterocycles. The van der Waals surface area contributed by atoms with Gasteiger partial charge in [0.05, 0.1) is 12.1 Å². The van der Waals surface area contributed by atoms with Gasteiger partial charge in [-0.2, -0.15) is 0 Å². The minimum absolute atomic E-state index is 0.0888. The molecule has 5 nitrogen and oxygen atoms in total. The molecule has 1 saturated carbocycles. The molecule has 0 spiro atoms. The first-order chi connectivity index (χ1) is 8.63. The molecule has 2 aliphatic rings. The number of aliphatic hydroxyl groups is 3. The van der Waals surface area contributed by atoms with Gasteiger partial charge in [-0.25, -0.2) is 0 Å². The van der Waals surface area contributed by atoms with Gasteiger partial charge < -0.3 is 20.2 Å². The number of thiol groups is 1. The Morgan fingerprint density at radius 3 is 2.44 bits per heavy atom. The van der Waals surface area contributed by atoms with E-state index in [9.17, 15) is 10.2 Å². The predicted molar refractivity (Wildman–Crippen MR) is 72.8 cm³/mol. The molecule has 0 radical (unpaired) electrons. The number of aliphatic imine (C=N–C) groups is 1. The molecule has 0 aromatic rings. The van der Waals surface area contributed by atoms with Crippen LogP contribution >= 0.6 is 12.6 Å². The Balaban J connectivity index is 1.98. The average Bonchev–Trinajstić information content (AvgIpc) is 2.89. The van der Waals surface area contributed by atoms with E-state index in [1.165, 1.54) is 0 Å². The van der Waals surface area contributed by atoms with Crippen LogP contribution in [0.25, 0.3) is 0 Å². The van der Waals surface area contributed by atoms with Crippen LogP contribution in [0.5, 0.6) is 0 Å². The van der Waals surface area contributed by atoms with Gasteiger partial charge in [0.15, 0.2) is 5.17 Å². The third-order valence-corrected chi connectivity index (χ3v) is 4.36. The number of rotatable bonds is 2. The smallest absolute Gasteiger partial charge is 0.156 e. The predicted octanol–water partition coefficient (Wildman–Crippen LogP) is -0.139. The Morgan fingerprint density at radius 2 is 1.83 bits per heavy atom. The fraction of sp³-hybridized carbons (Fsp3) is 0.917. The van der Waals surface area contributed by atoms with E-state index >= 15 is 0 Å². The maximum absolute atomic E-state index is 10.0.